The summed E-state index contributed by atoms with van der Waals surface area (Å²) >= 11 is 6.27. The molecule has 1 aliphatic carbocycles. The van der Waals surface area contributed by atoms with Crippen LogP contribution in [0.25, 0.3) is 0 Å². The van der Waals surface area contributed by atoms with Gasteiger partial charge in [-0.3, -0.25) is 14.4 Å². The van der Waals surface area contributed by atoms with Crippen LogP contribution in [0.3, 0.4) is 0 Å². The molecule has 60 heavy (non-hydrogen) atoms. The van der Waals surface area contributed by atoms with Crippen LogP contribution in [0.15, 0.2) is 41.3 Å². The molecule has 3 heterocycles. The number of pyridine rings is 1. The summed E-state index contributed by atoms with van der Waals surface area (Å²) in [6.07, 6.45) is -0.857. The van der Waals surface area contributed by atoms with Gasteiger partial charge in [0.25, 0.3) is 5.92 Å². The Morgan fingerprint density at radius 1 is 0.850 bits per heavy atom. The molecule has 0 unspecified atom stereocenters. The standard InChI is InChI=1S/C40H54ClF2N7O9S/c1-38(2,3)58-36(54)45-23-30(51)22-44-35(53)25-7-9-26(10-8-25)40(42,43)27-19-32(41)47-33(20-27)48-15-17-49(18-16-48)60(56,57)31-13-11-29(12-14-31)50-24-28(21-34(50)52)46-37(55)59-39(4,5)6/h11-14,19-20,25-26,28H,7-10,15-18,21-24H2,1-6H3,(H,44,53)(H,45,54)(H,46,55)/t25-,26-,28-/m1/s1. The first-order valence-electron chi connectivity index (χ1n) is 19.9. The largest absolute Gasteiger partial charge is 0.444 e. The fourth-order valence-corrected chi connectivity index (χ4v) is 8.93. The fraction of sp³-hybridized carbons (Fsp3) is 0.600. The molecular formula is C40H54ClF2N7O9S. The number of anilines is 2. The Morgan fingerprint density at radius 3 is 2.03 bits per heavy atom. The lowest BCUT2D eigenvalue weighted by Gasteiger charge is -2.36. The van der Waals surface area contributed by atoms with E-state index in [9.17, 15) is 32.4 Å². The molecule has 3 aliphatic rings. The van der Waals surface area contributed by atoms with Gasteiger partial charge in [0.05, 0.1) is 24.0 Å². The average Bonchev–Trinajstić information content (AvgIpc) is 3.53. The third-order valence-corrected chi connectivity index (χ3v) is 12.4. The van der Waals surface area contributed by atoms with Gasteiger partial charge in [-0.25, -0.2) is 31.8 Å². The number of hydrogen-bond donors (Lipinski definition) is 3. The average molecular weight is 882 g/mol. The van der Waals surface area contributed by atoms with Crippen molar-refractivity contribution in [1.82, 2.24) is 25.2 Å². The van der Waals surface area contributed by atoms with Crippen molar-refractivity contribution in [3.05, 3.63) is 47.1 Å². The molecule has 0 bridgehead atoms. The van der Waals surface area contributed by atoms with Gasteiger partial charge in [-0.1, -0.05) is 11.6 Å². The number of benzene rings is 1. The number of Topliss-reactive ketones (excluding diaryl/α,β-unsaturated/α-hetero) is 1. The van der Waals surface area contributed by atoms with E-state index >= 15 is 8.78 Å². The van der Waals surface area contributed by atoms with Crippen LogP contribution in [0, 0.1) is 11.8 Å². The van der Waals surface area contributed by atoms with Crippen molar-refractivity contribution in [2.45, 2.75) is 102 Å². The molecule has 4 amide bonds. The zero-order valence-electron chi connectivity index (χ0n) is 34.7. The summed E-state index contributed by atoms with van der Waals surface area (Å²) in [4.78, 5) is 69.1. The van der Waals surface area contributed by atoms with Crippen LogP contribution in [0.2, 0.25) is 5.15 Å². The smallest absolute Gasteiger partial charge is 0.408 e. The number of amides is 4. The Morgan fingerprint density at radius 2 is 1.43 bits per heavy atom. The number of carbonyl (C=O) groups excluding carboxylic acids is 5. The molecule has 1 atom stereocenters. The van der Waals surface area contributed by atoms with Gasteiger partial charge in [0.1, 0.15) is 22.2 Å². The number of alkyl halides is 2. The number of aromatic nitrogens is 1. The number of rotatable bonds is 12. The van der Waals surface area contributed by atoms with Gasteiger partial charge in [0.15, 0.2) is 5.78 Å². The highest BCUT2D eigenvalue weighted by atomic mass is 35.5. The van der Waals surface area contributed by atoms with Crippen molar-refractivity contribution in [1.29, 1.82) is 0 Å². The highest BCUT2D eigenvalue weighted by molar-refractivity contribution is 7.89. The minimum atomic E-state index is -3.95. The molecule has 330 valence electrons. The first kappa shape index (κ1) is 46.4. The van der Waals surface area contributed by atoms with Crippen LogP contribution in [-0.4, -0.2) is 111 Å². The van der Waals surface area contributed by atoms with Gasteiger partial charge in [-0.2, -0.15) is 4.31 Å². The lowest BCUT2D eigenvalue weighted by atomic mass is 9.77. The summed E-state index contributed by atoms with van der Waals surface area (Å²) < 4.78 is 71.0. The summed E-state index contributed by atoms with van der Waals surface area (Å²) in [7, 11) is -3.95. The summed E-state index contributed by atoms with van der Waals surface area (Å²) in [6, 6.07) is 7.84. The minimum Gasteiger partial charge on any atom is -0.444 e. The maximum Gasteiger partial charge on any atom is 0.408 e. The van der Waals surface area contributed by atoms with Crippen molar-refractivity contribution >= 4 is 62.9 Å². The van der Waals surface area contributed by atoms with Gasteiger partial charge in [0, 0.05) is 62.2 Å². The number of nitrogens with one attached hydrogen (secondary N) is 3. The van der Waals surface area contributed by atoms with Crippen molar-refractivity contribution in [3.63, 3.8) is 0 Å². The molecule has 0 radical (unpaired) electrons. The van der Waals surface area contributed by atoms with E-state index in [-0.39, 0.29) is 105 Å². The third-order valence-electron chi connectivity index (χ3n) is 10.3. The van der Waals surface area contributed by atoms with Gasteiger partial charge in [-0.05, 0) is 104 Å². The summed E-state index contributed by atoms with van der Waals surface area (Å²) in [6.45, 7) is 10.2. The zero-order chi connectivity index (χ0) is 44.2. The second-order valence-corrected chi connectivity index (χ2v) is 19.6. The van der Waals surface area contributed by atoms with E-state index in [1.807, 2.05) is 0 Å². The van der Waals surface area contributed by atoms with E-state index in [1.54, 1.807) is 46.4 Å². The number of ether oxygens (including phenoxy) is 2. The van der Waals surface area contributed by atoms with Crippen LogP contribution in [-0.2, 0) is 39.8 Å². The van der Waals surface area contributed by atoms with E-state index in [1.165, 1.54) is 39.5 Å². The molecule has 0 spiro atoms. The number of sulfonamides is 1. The molecule has 5 rings (SSSR count). The van der Waals surface area contributed by atoms with Gasteiger partial charge < -0.3 is 35.2 Å². The topological polar surface area (TPSA) is 197 Å². The van der Waals surface area contributed by atoms with E-state index in [2.05, 4.69) is 20.9 Å². The molecule has 20 heteroatoms. The Bertz CT molecular complexity index is 2030. The highest BCUT2D eigenvalue weighted by Gasteiger charge is 2.45. The third kappa shape index (κ3) is 12.2. The number of alkyl carbamates (subject to hydrolysis) is 2. The Hall–Kier alpha value is -4.62. The second kappa shape index (κ2) is 18.6. The molecule has 1 aromatic heterocycles. The van der Waals surface area contributed by atoms with Crippen molar-refractivity contribution in [3.8, 4) is 0 Å². The number of piperazine rings is 1. The molecule has 2 aliphatic heterocycles. The monoisotopic (exact) mass is 881 g/mol. The number of carbonyl (C=O) groups is 5. The van der Waals surface area contributed by atoms with E-state index < -0.39 is 68.9 Å². The van der Waals surface area contributed by atoms with Crippen LogP contribution in [0.1, 0.15) is 79.2 Å². The molecule has 2 aromatic rings. The molecule has 1 aromatic carbocycles. The second-order valence-electron chi connectivity index (χ2n) is 17.3. The number of ketones is 1. The zero-order valence-corrected chi connectivity index (χ0v) is 36.3. The fourth-order valence-electron chi connectivity index (χ4n) is 7.30. The van der Waals surface area contributed by atoms with Crippen molar-refractivity contribution < 1.29 is 50.6 Å². The number of nitrogens with zero attached hydrogens (tertiary/aromatic N) is 4. The lowest BCUT2D eigenvalue weighted by Crippen LogP contribution is -2.49. The van der Waals surface area contributed by atoms with E-state index in [0.717, 1.165) is 6.07 Å². The molecule has 1 saturated carbocycles. The van der Waals surface area contributed by atoms with Gasteiger partial charge in [0.2, 0.25) is 21.8 Å². The molecular weight excluding hydrogens is 828 g/mol. The van der Waals surface area contributed by atoms with Crippen LogP contribution in [0.4, 0.5) is 29.9 Å². The molecule has 3 fully saturated rings. The lowest BCUT2D eigenvalue weighted by molar-refractivity contribution is -0.131. The quantitative estimate of drug-likeness (QED) is 0.243. The van der Waals surface area contributed by atoms with Crippen LogP contribution >= 0.6 is 11.6 Å². The molecule has 16 nitrogen and oxygen atoms in total. The SMILES string of the molecule is CC(C)(C)OC(=O)NCC(=O)CNC(=O)[C@H]1CC[C@H](C(F)(F)c2cc(Cl)nc(N3CCN(S(=O)(=O)c4ccc(N5C[C@H](NC(=O)OC(C)(C)C)CC5=O)cc4)CC3)c2)CC1. The Kier molecular flexibility index (Phi) is 14.4. The molecule has 2 saturated heterocycles. The maximum absolute atomic E-state index is 16.1. The van der Waals surface area contributed by atoms with E-state index in [0.29, 0.717) is 5.69 Å². The highest BCUT2D eigenvalue weighted by Crippen LogP contribution is 2.46. The number of halogens is 3. The summed E-state index contributed by atoms with van der Waals surface area (Å²) in [5, 5.41) is 7.43. The predicted octanol–water partition coefficient (Wildman–Crippen LogP) is 4.98. The van der Waals surface area contributed by atoms with Crippen LogP contribution < -0.4 is 25.8 Å². The van der Waals surface area contributed by atoms with Crippen molar-refractivity contribution in [2.24, 2.45) is 11.8 Å². The predicted molar refractivity (Wildman–Crippen MR) is 218 cm³/mol. The Balaban J connectivity index is 1.11. The first-order valence-corrected chi connectivity index (χ1v) is 21.7. The minimum absolute atomic E-state index is 0.0193. The maximum atomic E-state index is 16.1. The first-order chi connectivity index (χ1) is 27.9. The summed E-state index contributed by atoms with van der Waals surface area (Å²) in [5.74, 6) is -5.85. The van der Waals surface area contributed by atoms with Gasteiger partial charge >= 0.3 is 12.2 Å². The number of hydrogen-bond acceptors (Lipinski definition) is 11. The summed E-state index contributed by atoms with van der Waals surface area (Å²) in [5.41, 5.74) is -1.28. The van der Waals surface area contributed by atoms with Gasteiger partial charge in [-0.15, -0.1) is 0 Å². The van der Waals surface area contributed by atoms with Crippen molar-refractivity contribution in [2.75, 3.05) is 55.6 Å². The van der Waals surface area contributed by atoms with Crippen LogP contribution in [0.5, 0.6) is 0 Å². The van der Waals surface area contributed by atoms with E-state index in [4.69, 9.17) is 21.1 Å². The molecule has 3 N–H and O–H groups in total. The normalized spacial score (nSPS) is 20.7. The Labute approximate surface area is 354 Å².